The second-order valence-corrected chi connectivity index (χ2v) is 6.17. The fourth-order valence-electron chi connectivity index (χ4n) is 1.92. The topological polar surface area (TPSA) is 84.7 Å². The number of rotatable bonds is 2. The zero-order valence-electron chi connectivity index (χ0n) is 10.8. The summed E-state index contributed by atoms with van der Waals surface area (Å²) in [6, 6.07) is 11.2. The summed E-state index contributed by atoms with van der Waals surface area (Å²) in [5, 5.41) is 9.67. The minimum Gasteiger partial charge on any atom is -0.339 e. The van der Waals surface area contributed by atoms with Gasteiger partial charge < -0.3 is 5.73 Å². The first-order valence-electron chi connectivity index (χ1n) is 6.05. The summed E-state index contributed by atoms with van der Waals surface area (Å²) in [4.78, 5) is 15.5. The lowest BCUT2D eigenvalue weighted by Gasteiger charge is -1.95. The van der Waals surface area contributed by atoms with Gasteiger partial charge in [-0.15, -0.1) is 5.10 Å². The first-order valence-corrected chi connectivity index (χ1v) is 7.34. The number of hydrogen-bond acceptors (Lipinski definition) is 4. The van der Waals surface area contributed by atoms with Gasteiger partial charge in [0.05, 0.1) is 10.5 Å². The van der Waals surface area contributed by atoms with E-state index in [4.69, 9.17) is 5.73 Å². The molecular formula is C14H13N4OS+. The third-order valence-electron chi connectivity index (χ3n) is 2.88. The van der Waals surface area contributed by atoms with Gasteiger partial charge in [0, 0.05) is 17.7 Å². The predicted molar refractivity (Wildman–Crippen MR) is 81.1 cm³/mol. The minimum atomic E-state index is -0.496. The van der Waals surface area contributed by atoms with E-state index >= 15 is 0 Å². The van der Waals surface area contributed by atoms with Gasteiger partial charge in [-0.1, -0.05) is 23.8 Å². The van der Waals surface area contributed by atoms with Crippen molar-refractivity contribution in [2.75, 3.05) is 5.73 Å². The zero-order valence-corrected chi connectivity index (χ0v) is 11.6. The lowest BCUT2D eigenvalue weighted by atomic mass is 10.1. The molecule has 0 radical (unpaired) electrons. The first-order chi connectivity index (χ1) is 9.63. The van der Waals surface area contributed by atoms with Crippen molar-refractivity contribution in [3.05, 3.63) is 57.7 Å². The maximum atomic E-state index is 11.0. The quantitative estimate of drug-likeness (QED) is 0.708. The summed E-state index contributed by atoms with van der Waals surface area (Å²) in [5.41, 5.74) is 8.82. The van der Waals surface area contributed by atoms with Crippen LogP contribution < -0.4 is 11.3 Å². The Morgan fingerprint density at radius 2 is 2.10 bits per heavy atom. The van der Waals surface area contributed by atoms with E-state index in [1.54, 1.807) is 6.07 Å². The third-order valence-corrected chi connectivity index (χ3v) is 4.56. The van der Waals surface area contributed by atoms with Crippen molar-refractivity contribution < 1.29 is 0 Å². The van der Waals surface area contributed by atoms with Crippen LogP contribution in [0.25, 0.3) is 16.3 Å². The highest BCUT2D eigenvalue weighted by atomic mass is 32.2. The Bertz CT molecular complexity index is 802. The first kappa shape index (κ1) is 12.6. The molecule has 0 aliphatic carbocycles. The highest BCUT2D eigenvalue weighted by Gasteiger charge is 2.21. The van der Waals surface area contributed by atoms with Crippen molar-refractivity contribution in [1.82, 2.24) is 15.2 Å². The summed E-state index contributed by atoms with van der Waals surface area (Å²) in [7, 11) is -0.496. The fourth-order valence-corrected chi connectivity index (χ4v) is 3.35. The highest BCUT2D eigenvalue weighted by Crippen LogP contribution is 2.38. The van der Waals surface area contributed by atoms with Crippen molar-refractivity contribution in [3.8, 4) is 16.3 Å². The predicted octanol–water partition coefficient (Wildman–Crippen LogP) is 2.46. The zero-order chi connectivity index (χ0) is 14.1. The van der Waals surface area contributed by atoms with Crippen LogP contribution in [0.1, 0.15) is 5.56 Å². The number of nitrogens with one attached hydrogen (secondary N) is 1. The number of nitrogens with zero attached hydrogens (tertiary/aromatic N) is 2. The van der Waals surface area contributed by atoms with Crippen LogP contribution in [-0.2, 0) is 0 Å². The molecule has 3 rings (SSSR count). The monoisotopic (exact) mass is 285 g/mol. The molecule has 5 nitrogen and oxygen atoms in total. The van der Waals surface area contributed by atoms with Gasteiger partial charge in [0.2, 0.25) is 0 Å². The molecule has 20 heavy (non-hydrogen) atoms. The van der Waals surface area contributed by atoms with E-state index in [9.17, 15) is 4.79 Å². The molecule has 0 amide bonds. The normalized spacial score (nSPS) is 11.6. The Morgan fingerprint density at radius 3 is 2.80 bits per heavy atom. The van der Waals surface area contributed by atoms with Crippen LogP contribution in [-0.4, -0.2) is 15.2 Å². The van der Waals surface area contributed by atoms with E-state index in [0.717, 1.165) is 11.3 Å². The number of anilines is 1. The average molecular weight is 285 g/mol. The maximum absolute atomic E-state index is 11.0. The van der Waals surface area contributed by atoms with Gasteiger partial charge in [-0.25, -0.2) is 5.10 Å². The molecule has 0 aliphatic heterocycles. The molecular weight excluding hydrogens is 272 g/mol. The van der Waals surface area contributed by atoms with Crippen LogP contribution in [0.5, 0.6) is 0 Å². The minimum absolute atomic E-state index is 0.227. The van der Waals surface area contributed by atoms with Crippen LogP contribution in [0.3, 0.4) is 0 Å². The second kappa shape index (κ2) is 4.90. The van der Waals surface area contributed by atoms with Gasteiger partial charge >= 0.3 is 5.13 Å². The summed E-state index contributed by atoms with van der Waals surface area (Å²) in [5.74, 6) is 0. The number of aryl methyl sites for hydroxylation is 1. The maximum Gasteiger partial charge on any atom is 0.345 e. The number of thiazole rings is 1. The van der Waals surface area contributed by atoms with E-state index in [0.29, 0.717) is 10.2 Å². The average Bonchev–Trinajstić information content (AvgIpc) is 2.82. The summed E-state index contributed by atoms with van der Waals surface area (Å²) in [6.45, 7) is 2.04. The van der Waals surface area contributed by atoms with Crippen molar-refractivity contribution in [2.24, 2.45) is 0 Å². The van der Waals surface area contributed by atoms with Crippen LogP contribution in [0.15, 0.2) is 46.6 Å². The van der Waals surface area contributed by atoms with Crippen molar-refractivity contribution >= 4 is 15.6 Å². The Labute approximate surface area is 118 Å². The number of nitrogen functional groups attached to an aromatic ring is 1. The molecule has 0 saturated carbocycles. The SMILES string of the molecule is Cc1cccc(-c2c[s+](-c3ccc(=O)[nH]n3)c(N)n2)c1. The molecule has 0 spiro atoms. The fraction of sp³-hybridized carbons (Fsp3) is 0.0714. The number of H-pyrrole nitrogens is 1. The van der Waals surface area contributed by atoms with Crippen molar-refractivity contribution in [2.45, 2.75) is 6.92 Å². The van der Waals surface area contributed by atoms with Crippen LogP contribution in [0, 0.1) is 6.92 Å². The number of aromatic amines is 1. The molecule has 3 aromatic rings. The van der Waals surface area contributed by atoms with Gasteiger partial charge in [-0.3, -0.25) is 4.79 Å². The number of nitrogens with two attached hydrogens (primary N) is 1. The van der Waals surface area contributed by atoms with Crippen LogP contribution >= 0.6 is 10.5 Å². The van der Waals surface area contributed by atoms with Crippen LogP contribution in [0.4, 0.5) is 5.13 Å². The third kappa shape index (κ3) is 2.33. The van der Waals surface area contributed by atoms with Crippen molar-refractivity contribution in [1.29, 1.82) is 0 Å². The molecule has 1 aromatic carbocycles. The molecule has 2 heterocycles. The lowest BCUT2D eigenvalue weighted by molar-refractivity contribution is 1.01. The number of hydrogen-bond donors (Lipinski definition) is 2. The Hall–Kier alpha value is -2.47. The number of aromatic nitrogens is 3. The second-order valence-electron chi connectivity index (χ2n) is 4.42. The largest absolute Gasteiger partial charge is 0.345 e. The van der Waals surface area contributed by atoms with E-state index in [-0.39, 0.29) is 5.56 Å². The highest BCUT2D eigenvalue weighted by molar-refractivity contribution is 7.41. The molecule has 1 atom stereocenters. The van der Waals surface area contributed by atoms with Gasteiger partial charge in [-0.05, 0) is 13.0 Å². The molecule has 0 fully saturated rings. The standard InChI is InChI=1S/C14H12N4OS/c1-9-3-2-4-10(7-9)11-8-20(14(15)16-11)13-6-5-12(19)17-18-13/h2-8H,1H3,(H2-,15,16,17,19)/p+1. The van der Waals surface area contributed by atoms with E-state index < -0.39 is 10.5 Å². The van der Waals surface area contributed by atoms with Crippen molar-refractivity contribution in [3.63, 3.8) is 0 Å². The van der Waals surface area contributed by atoms with E-state index in [1.165, 1.54) is 11.6 Å². The molecule has 6 heteroatoms. The smallest absolute Gasteiger partial charge is 0.339 e. The molecule has 100 valence electrons. The molecule has 0 aliphatic rings. The summed E-state index contributed by atoms with van der Waals surface area (Å²) >= 11 is 0. The Balaban J connectivity index is 2.07. The molecule has 2 aromatic heterocycles. The molecule has 1 unspecified atom stereocenters. The van der Waals surface area contributed by atoms with Gasteiger partial charge in [0.15, 0.2) is 5.38 Å². The lowest BCUT2D eigenvalue weighted by Crippen LogP contribution is -2.04. The van der Waals surface area contributed by atoms with Gasteiger partial charge in [-0.2, -0.15) is 4.98 Å². The Kier molecular flexibility index (Phi) is 3.08. The molecule has 0 saturated heterocycles. The summed E-state index contributed by atoms with van der Waals surface area (Å²) in [6.07, 6.45) is 0. The van der Waals surface area contributed by atoms with Gasteiger partial charge in [0.1, 0.15) is 5.69 Å². The Morgan fingerprint density at radius 1 is 1.25 bits per heavy atom. The van der Waals surface area contributed by atoms with Crippen LogP contribution in [0.2, 0.25) is 0 Å². The molecule has 3 N–H and O–H groups in total. The summed E-state index contributed by atoms with van der Waals surface area (Å²) < 4.78 is 0. The molecule has 0 bridgehead atoms. The van der Waals surface area contributed by atoms with E-state index in [2.05, 4.69) is 21.2 Å². The number of benzene rings is 1. The van der Waals surface area contributed by atoms with E-state index in [1.807, 2.05) is 30.5 Å². The van der Waals surface area contributed by atoms with Gasteiger partial charge in [0.25, 0.3) is 10.6 Å².